The van der Waals surface area contributed by atoms with Gasteiger partial charge in [-0.2, -0.15) is 0 Å². The Labute approximate surface area is 135 Å². The van der Waals surface area contributed by atoms with E-state index >= 15 is 0 Å². The van der Waals surface area contributed by atoms with Crippen LogP contribution in [0.2, 0.25) is 0 Å². The summed E-state index contributed by atoms with van der Waals surface area (Å²) in [4.78, 5) is 23.0. The molecule has 0 radical (unpaired) electrons. The molecule has 2 amide bonds. The zero-order valence-electron chi connectivity index (χ0n) is 11.4. The van der Waals surface area contributed by atoms with Gasteiger partial charge in [0.15, 0.2) is 6.61 Å². The van der Waals surface area contributed by atoms with Crippen molar-refractivity contribution in [3.63, 3.8) is 0 Å². The first-order valence-electron chi connectivity index (χ1n) is 6.32. The van der Waals surface area contributed by atoms with Crippen LogP contribution in [0.3, 0.4) is 0 Å². The van der Waals surface area contributed by atoms with Crippen LogP contribution in [0.25, 0.3) is 6.08 Å². The van der Waals surface area contributed by atoms with Gasteiger partial charge >= 0.3 is 0 Å². The summed E-state index contributed by atoms with van der Waals surface area (Å²) >= 11 is 3.30. The van der Waals surface area contributed by atoms with Gasteiger partial charge in [0.05, 0.1) is 6.26 Å². The van der Waals surface area contributed by atoms with Gasteiger partial charge in [-0.3, -0.25) is 20.4 Å². The SMILES string of the molecule is O=C(C=Cc1ccco1)NNC(=O)COc1ccc(Br)cc1. The Bertz CT molecular complexity index is 651. The largest absolute Gasteiger partial charge is 0.484 e. The summed E-state index contributed by atoms with van der Waals surface area (Å²) in [6, 6.07) is 10.5. The molecule has 0 unspecified atom stereocenters. The normalized spacial score (nSPS) is 10.4. The number of rotatable bonds is 5. The van der Waals surface area contributed by atoms with E-state index in [-0.39, 0.29) is 6.61 Å². The second-order valence-corrected chi connectivity index (χ2v) is 5.04. The van der Waals surface area contributed by atoms with Gasteiger partial charge in [-0.15, -0.1) is 0 Å². The van der Waals surface area contributed by atoms with Crippen molar-refractivity contribution in [3.8, 4) is 5.75 Å². The van der Waals surface area contributed by atoms with Gasteiger partial charge in [0, 0.05) is 10.5 Å². The van der Waals surface area contributed by atoms with Crippen molar-refractivity contribution in [1.29, 1.82) is 0 Å². The predicted octanol–water partition coefficient (Wildman–Crippen LogP) is 2.28. The van der Waals surface area contributed by atoms with Crippen LogP contribution in [0.1, 0.15) is 5.76 Å². The highest BCUT2D eigenvalue weighted by Crippen LogP contribution is 2.15. The number of nitrogens with one attached hydrogen (secondary N) is 2. The quantitative estimate of drug-likeness (QED) is 0.629. The van der Waals surface area contributed by atoms with E-state index in [1.165, 1.54) is 18.4 Å². The summed E-state index contributed by atoms with van der Waals surface area (Å²) in [5, 5.41) is 0. The van der Waals surface area contributed by atoms with Gasteiger partial charge in [0.25, 0.3) is 11.8 Å². The highest BCUT2D eigenvalue weighted by molar-refractivity contribution is 9.10. The standard InChI is InChI=1S/C15H13BrN2O4/c16-11-3-5-13(6-4-11)22-10-15(20)18-17-14(19)8-7-12-2-1-9-21-12/h1-9H,10H2,(H,17,19)(H,18,20). The first-order chi connectivity index (χ1) is 10.6. The van der Waals surface area contributed by atoms with Gasteiger partial charge in [-0.25, -0.2) is 0 Å². The third-order valence-corrected chi connectivity index (χ3v) is 2.98. The molecule has 2 rings (SSSR count). The van der Waals surface area contributed by atoms with Crippen molar-refractivity contribution < 1.29 is 18.7 Å². The number of hydrogen-bond donors (Lipinski definition) is 2. The summed E-state index contributed by atoms with van der Waals surface area (Å²) in [6.45, 7) is -0.205. The summed E-state index contributed by atoms with van der Waals surface area (Å²) in [5.41, 5.74) is 4.48. The Hall–Kier alpha value is -2.54. The molecule has 6 nitrogen and oxygen atoms in total. The Kier molecular flexibility index (Phi) is 5.79. The fraction of sp³-hybridized carbons (Fsp3) is 0.0667. The Morgan fingerprint density at radius 1 is 1.18 bits per heavy atom. The molecule has 0 aliphatic rings. The maximum atomic E-state index is 11.5. The van der Waals surface area contributed by atoms with Crippen LogP contribution in [-0.2, 0) is 9.59 Å². The van der Waals surface area contributed by atoms with Crippen LogP contribution in [0.5, 0.6) is 5.75 Å². The lowest BCUT2D eigenvalue weighted by Gasteiger charge is -2.07. The first-order valence-corrected chi connectivity index (χ1v) is 7.11. The lowest BCUT2D eigenvalue weighted by atomic mass is 10.3. The fourth-order valence-corrected chi connectivity index (χ4v) is 1.70. The minimum Gasteiger partial charge on any atom is -0.484 e. The molecule has 0 aliphatic carbocycles. The van der Waals surface area contributed by atoms with Crippen LogP contribution in [0.4, 0.5) is 0 Å². The zero-order chi connectivity index (χ0) is 15.8. The van der Waals surface area contributed by atoms with E-state index in [0.717, 1.165) is 4.47 Å². The highest BCUT2D eigenvalue weighted by atomic mass is 79.9. The molecule has 0 atom stereocenters. The number of benzene rings is 1. The number of ether oxygens (including phenoxy) is 1. The topological polar surface area (TPSA) is 80.6 Å². The number of carbonyl (C=O) groups excluding carboxylic acids is 2. The van der Waals surface area contributed by atoms with E-state index in [2.05, 4.69) is 26.8 Å². The number of halogens is 1. The molecule has 2 aromatic rings. The zero-order valence-corrected chi connectivity index (χ0v) is 13.0. The van der Waals surface area contributed by atoms with Gasteiger partial charge in [0.1, 0.15) is 11.5 Å². The lowest BCUT2D eigenvalue weighted by molar-refractivity contribution is -0.128. The molecule has 2 N–H and O–H groups in total. The van der Waals surface area contributed by atoms with Gasteiger partial charge in [-0.1, -0.05) is 15.9 Å². The molecular weight excluding hydrogens is 352 g/mol. The molecule has 0 saturated heterocycles. The molecule has 114 valence electrons. The lowest BCUT2D eigenvalue weighted by Crippen LogP contribution is -2.43. The monoisotopic (exact) mass is 364 g/mol. The number of hydrazine groups is 1. The van der Waals surface area contributed by atoms with Crippen molar-refractivity contribution in [3.05, 3.63) is 59.0 Å². The molecule has 0 fully saturated rings. The molecule has 0 saturated carbocycles. The molecule has 1 aromatic carbocycles. The van der Waals surface area contributed by atoms with Crippen LogP contribution >= 0.6 is 15.9 Å². The third kappa shape index (κ3) is 5.45. The Balaban J connectivity index is 1.68. The summed E-state index contributed by atoms with van der Waals surface area (Å²) in [7, 11) is 0. The van der Waals surface area contributed by atoms with E-state index in [1.54, 1.807) is 36.4 Å². The highest BCUT2D eigenvalue weighted by Gasteiger charge is 2.04. The van der Waals surface area contributed by atoms with Crippen LogP contribution in [0.15, 0.2) is 57.6 Å². The van der Waals surface area contributed by atoms with E-state index in [1.807, 2.05) is 0 Å². The number of hydrogen-bond acceptors (Lipinski definition) is 4. The molecule has 7 heteroatoms. The Morgan fingerprint density at radius 2 is 1.95 bits per heavy atom. The third-order valence-electron chi connectivity index (χ3n) is 2.45. The second-order valence-electron chi connectivity index (χ2n) is 4.13. The van der Waals surface area contributed by atoms with Gasteiger partial charge in [-0.05, 0) is 42.5 Å². The van der Waals surface area contributed by atoms with E-state index in [9.17, 15) is 9.59 Å². The second kappa shape index (κ2) is 8.04. The number of amides is 2. The Morgan fingerprint density at radius 3 is 2.64 bits per heavy atom. The average Bonchev–Trinajstić information content (AvgIpc) is 3.04. The van der Waals surface area contributed by atoms with Crippen LogP contribution in [0, 0.1) is 0 Å². The van der Waals surface area contributed by atoms with Gasteiger partial charge < -0.3 is 9.15 Å². The van der Waals surface area contributed by atoms with Crippen molar-refractivity contribution in [1.82, 2.24) is 10.9 Å². The maximum absolute atomic E-state index is 11.5. The van der Waals surface area contributed by atoms with E-state index in [4.69, 9.17) is 9.15 Å². The van der Waals surface area contributed by atoms with Crippen molar-refractivity contribution in [2.45, 2.75) is 0 Å². The van der Waals surface area contributed by atoms with E-state index in [0.29, 0.717) is 11.5 Å². The average molecular weight is 365 g/mol. The molecule has 1 heterocycles. The van der Waals surface area contributed by atoms with Crippen molar-refractivity contribution in [2.24, 2.45) is 0 Å². The molecule has 0 spiro atoms. The van der Waals surface area contributed by atoms with E-state index < -0.39 is 11.8 Å². The van der Waals surface area contributed by atoms with Crippen molar-refractivity contribution >= 4 is 33.8 Å². The summed E-state index contributed by atoms with van der Waals surface area (Å²) in [5.74, 6) is 0.151. The number of furan rings is 1. The predicted molar refractivity (Wildman–Crippen MR) is 83.7 cm³/mol. The fourth-order valence-electron chi connectivity index (χ4n) is 1.43. The smallest absolute Gasteiger partial charge is 0.276 e. The summed E-state index contributed by atoms with van der Waals surface area (Å²) < 4.78 is 11.2. The maximum Gasteiger partial charge on any atom is 0.276 e. The molecular formula is C15H13BrN2O4. The van der Waals surface area contributed by atoms with Crippen LogP contribution in [-0.4, -0.2) is 18.4 Å². The van der Waals surface area contributed by atoms with Gasteiger partial charge in [0.2, 0.25) is 0 Å². The van der Waals surface area contributed by atoms with Crippen LogP contribution < -0.4 is 15.6 Å². The first kappa shape index (κ1) is 15.8. The minimum absolute atomic E-state index is 0.205. The molecule has 1 aromatic heterocycles. The molecule has 0 bridgehead atoms. The molecule has 0 aliphatic heterocycles. The molecule has 22 heavy (non-hydrogen) atoms. The summed E-state index contributed by atoms with van der Waals surface area (Å²) in [6.07, 6.45) is 4.23. The number of carbonyl (C=O) groups is 2. The minimum atomic E-state index is -0.478. The van der Waals surface area contributed by atoms with Crippen molar-refractivity contribution in [2.75, 3.05) is 6.61 Å².